The molecule has 0 saturated heterocycles. The Bertz CT molecular complexity index is 630. The number of imide groups is 1. The van der Waals surface area contributed by atoms with Gasteiger partial charge >= 0.3 is 18.2 Å². The van der Waals surface area contributed by atoms with E-state index in [2.05, 4.69) is 9.84 Å². The average molecular weight is 357 g/mol. The predicted molar refractivity (Wildman–Crippen MR) is 70.8 cm³/mol. The van der Waals surface area contributed by atoms with E-state index in [1.807, 2.05) is 0 Å². The minimum absolute atomic E-state index is 0.00386. The van der Waals surface area contributed by atoms with Crippen LogP contribution in [0, 0.1) is 6.92 Å². The van der Waals surface area contributed by atoms with Crippen LogP contribution in [0.15, 0.2) is 0 Å². The topological polar surface area (TPSA) is 102 Å². The molecule has 1 rings (SSSR count). The van der Waals surface area contributed by atoms with Crippen LogP contribution >= 0.6 is 11.6 Å². The molecular weight excluding hydrogens is 345 g/mol. The van der Waals surface area contributed by atoms with Crippen molar-refractivity contribution < 1.29 is 32.3 Å². The predicted octanol–water partition coefficient (Wildman–Crippen LogP) is 0.927. The number of carbonyl (C=O) groups excluding carboxylic acids is 3. The summed E-state index contributed by atoms with van der Waals surface area (Å²) in [5, 5.41) is 6.86. The lowest BCUT2D eigenvalue weighted by Gasteiger charge is -2.09. The van der Waals surface area contributed by atoms with E-state index in [1.54, 1.807) is 5.32 Å². The molecule has 1 aromatic heterocycles. The third kappa shape index (κ3) is 5.77. The summed E-state index contributed by atoms with van der Waals surface area (Å²) in [6.45, 7) is -0.980. The molecule has 0 aromatic carbocycles. The Hall–Kier alpha value is -2.30. The molecule has 0 fully saturated rings. The number of hydrogen-bond donors (Lipinski definition) is 2. The van der Waals surface area contributed by atoms with Gasteiger partial charge in [0.05, 0.1) is 5.69 Å². The molecule has 0 unspecified atom stereocenters. The number of alkyl halides is 3. The van der Waals surface area contributed by atoms with Gasteiger partial charge in [0.1, 0.15) is 17.3 Å². The van der Waals surface area contributed by atoms with Crippen LogP contribution in [0.3, 0.4) is 0 Å². The van der Waals surface area contributed by atoms with Crippen LogP contribution in [0.5, 0.6) is 0 Å². The lowest BCUT2D eigenvalue weighted by Crippen LogP contribution is -2.44. The molecule has 23 heavy (non-hydrogen) atoms. The van der Waals surface area contributed by atoms with Gasteiger partial charge in [0.2, 0.25) is 0 Å². The number of urea groups is 1. The number of nitrogens with zero attached hydrogens (tertiary/aromatic N) is 2. The highest BCUT2D eigenvalue weighted by molar-refractivity contribution is 6.32. The molecule has 0 aliphatic heterocycles. The van der Waals surface area contributed by atoms with Crippen molar-refractivity contribution in [3.05, 3.63) is 16.4 Å². The summed E-state index contributed by atoms with van der Waals surface area (Å²) in [6.07, 6.45) is -4.61. The molecule has 1 aromatic rings. The van der Waals surface area contributed by atoms with Gasteiger partial charge in [-0.05, 0) is 6.92 Å². The number of halogens is 4. The molecule has 8 nitrogen and oxygen atoms in total. The summed E-state index contributed by atoms with van der Waals surface area (Å²) < 4.78 is 41.4. The van der Waals surface area contributed by atoms with Crippen molar-refractivity contribution in [1.29, 1.82) is 0 Å². The molecular formula is C11H12ClF3N4O4. The molecule has 128 valence electrons. The number of rotatable bonds is 4. The molecule has 2 N–H and O–H groups in total. The molecule has 1 heterocycles. The van der Waals surface area contributed by atoms with E-state index >= 15 is 0 Å². The van der Waals surface area contributed by atoms with Crippen molar-refractivity contribution in [2.75, 3.05) is 13.2 Å². The fraction of sp³-hybridized carbons (Fsp3) is 0.455. The third-order valence-electron chi connectivity index (χ3n) is 2.39. The van der Waals surface area contributed by atoms with E-state index in [-0.39, 0.29) is 16.4 Å². The van der Waals surface area contributed by atoms with E-state index in [1.165, 1.54) is 24.0 Å². The fourth-order valence-electron chi connectivity index (χ4n) is 1.45. The smallest absolute Gasteiger partial charge is 0.405 e. The first-order valence-corrected chi connectivity index (χ1v) is 6.39. The SMILES string of the molecule is Cc1nn(C)c(Cl)c1C(=O)OCC(=O)NC(=O)NCC(F)(F)F. The number of hydrogen-bond acceptors (Lipinski definition) is 5. The average Bonchev–Trinajstić information content (AvgIpc) is 2.66. The van der Waals surface area contributed by atoms with E-state index in [9.17, 15) is 27.6 Å². The summed E-state index contributed by atoms with van der Waals surface area (Å²) in [7, 11) is 1.49. The van der Waals surface area contributed by atoms with E-state index in [4.69, 9.17) is 11.6 Å². The van der Waals surface area contributed by atoms with Crippen LogP contribution in [0.25, 0.3) is 0 Å². The normalized spacial score (nSPS) is 11.0. The number of nitrogens with one attached hydrogen (secondary N) is 2. The third-order valence-corrected chi connectivity index (χ3v) is 2.83. The lowest BCUT2D eigenvalue weighted by molar-refractivity contribution is -0.125. The Morgan fingerprint density at radius 3 is 2.43 bits per heavy atom. The molecule has 3 amide bonds. The van der Waals surface area contributed by atoms with Gasteiger partial charge < -0.3 is 10.1 Å². The van der Waals surface area contributed by atoms with Crippen LogP contribution < -0.4 is 10.6 Å². The maximum atomic E-state index is 11.9. The molecule has 0 aliphatic rings. The Morgan fingerprint density at radius 2 is 1.96 bits per heavy atom. The fourth-order valence-corrected chi connectivity index (χ4v) is 1.70. The second-order valence-corrected chi connectivity index (χ2v) is 4.66. The number of esters is 1. The van der Waals surface area contributed by atoms with Gasteiger partial charge in [-0.2, -0.15) is 18.3 Å². The molecule has 0 saturated carbocycles. The Balaban J connectivity index is 2.47. The monoisotopic (exact) mass is 356 g/mol. The second kappa shape index (κ2) is 7.31. The lowest BCUT2D eigenvalue weighted by atomic mass is 10.3. The maximum absolute atomic E-state index is 11.9. The van der Waals surface area contributed by atoms with Gasteiger partial charge in [-0.1, -0.05) is 11.6 Å². The highest BCUT2D eigenvalue weighted by Gasteiger charge is 2.28. The summed E-state index contributed by atoms with van der Waals surface area (Å²) in [5.74, 6) is -2.05. The Kier molecular flexibility index (Phi) is 5.96. The largest absolute Gasteiger partial charge is 0.452 e. The van der Waals surface area contributed by atoms with Crippen molar-refractivity contribution in [3.8, 4) is 0 Å². The van der Waals surface area contributed by atoms with Gasteiger partial charge in [0, 0.05) is 7.05 Å². The molecule has 0 bridgehead atoms. The standard InChI is InChI=1S/C11H12ClF3N4O4/c1-5-7(8(12)19(2)18-5)9(21)23-3-6(20)17-10(22)16-4-11(13,14)15/h3-4H2,1-2H3,(H2,16,17,20,22). The zero-order chi connectivity index (χ0) is 17.8. The van der Waals surface area contributed by atoms with E-state index < -0.39 is 37.2 Å². The quantitative estimate of drug-likeness (QED) is 0.781. The molecule has 0 atom stereocenters. The van der Waals surface area contributed by atoms with Gasteiger partial charge in [-0.15, -0.1) is 0 Å². The van der Waals surface area contributed by atoms with Crippen LogP contribution in [-0.2, 0) is 16.6 Å². The van der Waals surface area contributed by atoms with Gasteiger partial charge in [-0.25, -0.2) is 9.59 Å². The molecule has 0 aliphatic carbocycles. The summed E-state index contributed by atoms with van der Waals surface area (Å²) in [5.41, 5.74) is 0.217. The zero-order valence-electron chi connectivity index (χ0n) is 12.0. The Morgan fingerprint density at radius 1 is 1.35 bits per heavy atom. The number of carbonyl (C=O) groups is 3. The van der Waals surface area contributed by atoms with Crippen molar-refractivity contribution >= 4 is 29.5 Å². The summed E-state index contributed by atoms with van der Waals surface area (Å²) >= 11 is 5.82. The van der Waals surface area contributed by atoms with Crippen molar-refractivity contribution in [1.82, 2.24) is 20.4 Å². The first kappa shape index (κ1) is 18.7. The van der Waals surface area contributed by atoms with Crippen LogP contribution in [0.4, 0.5) is 18.0 Å². The first-order chi connectivity index (χ1) is 10.5. The van der Waals surface area contributed by atoms with Crippen LogP contribution in [0.1, 0.15) is 16.1 Å². The molecule has 0 radical (unpaired) electrons. The van der Waals surface area contributed by atoms with Crippen molar-refractivity contribution in [2.45, 2.75) is 13.1 Å². The maximum Gasteiger partial charge on any atom is 0.405 e. The summed E-state index contributed by atoms with van der Waals surface area (Å²) in [4.78, 5) is 34.1. The zero-order valence-corrected chi connectivity index (χ0v) is 12.7. The minimum Gasteiger partial charge on any atom is -0.452 e. The van der Waals surface area contributed by atoms with E-state index in [0.717, 1.165) is 0 Å². The van der Waals surface area contributed by atoms with Crippen molar-refractivity contribution in [3.63, 3.8) is 0 Å². The highest BCUT2D eigenvalue weighted by atomic mass is 35.5. The highest BCUT2D eigenvalue weighted by Crippen LogP contribution is 2.19. The Labute approximate surface area is 132 Å². The number of aryl methyl sites for hydroxylation is 2. The number of ether oxygens (including phenoxy) is 1. The second-order valence-electron chi connectivity index (χ2n) is 4.30. The van der Waals surface area contributed by atoms with E-state index in [0.29, 0.717) is 0 Å². The van der Waals surface area contributed by atoms with Crippen LogP contribution in [-0.4, -0.2) is 47.0 Å². The molecule has 12 heteroatoms. The van der Waals surface area contributed by atoms with Gasteiger partial charge in [0.25, 0.3) is 5.91 Å². The first-order valence-electron chi connectivity index (χ1n) is 6.02. The van der Waals surface area contributed by atoms with Gasteiger partial charge in [0.15, 0.2) is 6.61 Å². The van der Waals surface area contributed by atoms with Gasteiger partial charge in [-0.3, -0.25) is 14.8 Å². The van der Waals surface area contributed by atoms with Crippen molar-refractivity contribution in [2.24, 2.45) is 7.05 Å². The number of amides is 3. The van der Waals surface area contributed by atoms with Crippen LogP contribution in [0.2, 0.25) is 5.15 Å². The minimum atomic E-state index is -4.61. The molecule has 0 spiro atoms. The number of aromatic nitrogens is 2. The summed E-state index contributed by atoms with van der Waals surface area (Å²) in [6, 6.07) is -1.36.